The lowest BCUT2D eigenvalue weighted by Crippen LogP contribution is -2.10. The SMILES string of the molecule is NCC1=C(CC(=O)O)CC=CC1. The zero-order valence-corrected chi connectivity index (χ0v) is 6.92. The number of allylic oxidation sites excluding steroid dienone is 2. The van der Waals surface area contributed by atoms with E-state index in [4.69, 9.17) is 10.8 Å². The number of nitrogens with two attached hydrogens (primary N) is 1. The van der Waals surface area contributed by atoms with Crippen LogP contribution in [-0.2, 0) is 4.79 Å². The van der Waals surface area contributed by atoms with E-state index in [-0.39, 0.29) is 6.42 Å². The van der Waals surface area contributed by atoms with Crippen molar-refractivity contribution in [2.24, 2.45) is 5.73 Å². The van der Waals surface area contributed by atoms with Crippen molar-refractivity contribution < 1.29 is 9.90 Å². The molecule has 3 heteroatoms. The molecule has 0 radical (unpaired) electrons. The molecule has 0 atom stereocenters. The minimum atomic E-state index is -0.772. The molecule has 66 valence electrons. The summed E-state index contributed by atoms with van der Waals surface area (Å²) in [6.07, 6.45) is 5.74. The Morgan fingerprint density at radius 2 is 2.00 bits per heavy atom. The predicted octanol–water partition coefficient (Wildman–Crippen LogP) is 1.07. The quantitative estimate of drug-likeness (QED) is 0.618. The summed E-state index contributed by atoms with van der Waals surface area (Å²) in [6, 6.07) is 0. The second kappa shape index (κ2) is 4.07. The van der Waals surface area contributed by atoms with Gasteiger partial charge in [-0.05, 0) is 12.8 Å². The molecule has 0 aromatic heterocycles. The van der Waals surface area contributed by atoms with Crippen LogP contribution in [0.1, 0.15) is 19.3 Å². The van der Waals surface area contributed by atoms with Gasteiger partial charge in [0.2, 0.25) is 0 Å². The minimum Gasteiger partial charge on any atom is -0.481 e. The molecule has 1 aliphatic carbocycles. The topological polar surface area (TPSA) is 63.3 Å². The molecule has 12 heavy (non-hydrogen) atoms. The van der Waals surface area contributed by atoms with Gasteiger partial charge in [-0.15, -0.1) is 0 Å². The molecule has 0 saturated carbocycles. The zero-order valence-electron chi connectivity index (χ0n) is 6.92. The van der Waals surface area contributed by atoms with Crippen molar-refractivity contribution in [2.75, 3.05) is 6.54 Å². The largest absolute Gasteiger partial charge is 0.481 e. The van der Waals surface area contributed by atoms with E-state index in [1.54, 1.807) is 0 Å². The van der Waals surface area contributed by atoms with E-state index in [9.17, 15) is 4.79 Å². The van der Waals surface area contributed by atoms with Gasteiger partial charge in [0.1, 0.15) is 0 Å². The molecule has 0 spiro atoms. The van der Waals surface area contributed by atoms with Gasteiger partial charge in [0.05, 0.1) is 6.42 Å². The molecule has 0 bridgehead atoms. The van der Waals surface area contributed by atoms with Crippen LogP contribution < -0.4 is 5.73 Å². The van der Waals surface area contributed by atoms with Gasteiger partial charge in [-0.2, -0.15) is 0 Å². The smallest absolute Gasteiger partial charge is 0.307 e. The van der Waals surface area contributed by atoms with Crippen LogP contribution in [0.3, 0.4) is 0 Å². The van der Waals surface area contributed by atoms with Gasteiger partial charge in [0.15, 0.2) is 0 Å². The first kappa shape index (κ1) is 9.00. The first-order chi connectivity index (χ1) is 5.74. The van der Waals surface area contributed by atoms with E-state index in [1.165, 1.54) is 0 Å². The van der Waals surface area contributed by atoms with E-state index in [2.05, 4.69) is 0 Å². The highest BCUT2D eigenvalue weighted by molar-refractivity contribution is 5.70. The summed E-state index contributed by atoms with van der Waals surface area (Å²) in [7, 11) is 0. The van der Waals surface area contributed by atoms with Crippen LogP contribution >= 0.6 is 0 Å². The van der Waals surface area contributed by atoms with Gasteiger partial charge in [-0.25, -0.2) is 0 Å². The predicted molar refractivity (Wildman–Crippen MR) is 46.7 cm³/mol. The Kier molecular flexibility index (Phi) is 3.05. The van der Waals surface area contributed by atoms with Gasteiger partial charge >= 0.3 is 5.97 Å². The van der Waals surface area contributed by atoms with Crippen LogP contribution in [0, 0.1) is 0 Å². The second-order valence-corrected chi connectivity index (χ2v) is 2.86. The Balaban J connectivity index is 2.68. The van der Waals surface area contributed by atoms with Crippen molar-refractivity contribution in [1.29, 1.82) is 0 Å². The highest BCUT2D eigenvalue weighted by Gasteiger charge is 2.10. The van der Waals surface area contributed by atoms with Crippen molar-refractivity contribution in [3.63, 3.8) is 0 Å². The van der Waals surface area contributed by atoms with Crippen LogP contribution in [0.25, 0.3) is 0 Å². The van der Waals surface area contributed by atoms with Gasteiger partial charge in [-0.1, -0.05) is 23.3 Å². The molecule has 3 N–H and O–H groups in total. The first-order valence-electron chi connectivity index (χ1n) is 4.00. The average Bonchev–Trinajstić information content (AvgIpc) is 2.04. The molecule has 0 amide bonds. The standard InChI is InChI=1S/C9H13NO2/c10-6-8-4-2-1-3-7(8)5-9(11)12/h1-2H,3-6,10H2,(H,11,12). The Hall–Kier alpha value is -1.09. The number of hydrogen-bond acceptors (Lipinski definition) is 2. The lowest BCUT2D eigenvalue weighted by Gasteiger charge is -2.13. The van der Waals surface area contributed by atoms with Gasteiger partial charge < -0.3 is 10.8 Å². The van der Waals surface area contributed by atoms with E-state index in [0.29, 0.717) is 6.54 Å². The van der Waals surface area contributed by atoms with E-state index < -0.39 is 5.97 Å². The fourth-order valence-corrected chi connectivity index (χ4v) is 1.35. The van der Waals surface area contributed by atoms with Crippen molar-refractivity contribution in [2.45, 2.75) is 19.3 Å². The van der Waals surface area contributed by atoms with Crippen LogP contribution in [0.5, 0.6) is 0 Å². The molecular formula is C9H13NO2. The number of carboxylic acid groups (broad SMARTS) is 1. The van der Waals surface area contributed by atoms with Gasteiger partial charge in [0, 0.05) is 6.54 Å². The highest BCUT2D eigenvalue weighted by Crippen LogP contribution is 2.21. The number of hydrogen-bond donors (Lipinski definition) is 2. The number of carbonyl (C=O) groups is 1. The normalized spacial score (nSPS) is 16.8. The maximum atomic E-state index is 10.4. The lowest BCUT2D eigenvalue weighted by atomic mass is 9.95. The van der Waals surface area contributed by atoms with Crippen LogP contribution in [-0.4, -0.2) is 17.6 Å². The Morgan fingerprint density at radius 1 is 1.42 bits per heavy atom. The molecule has 0 aromatic carbocycles. The zero-order chi connectivity index (χ0) is 8.97. The van der Waals surface area contributed by atoms with Crippen molar-refractivity contribution >= 4 is 5.97 Å². The fourth-order valence-electron chi connectivity index (χ4n) is 1.35. The van der Waals surface area contributed by atoms with Gasteiger partial charge in [-0.3, -0.25) is 4.79 Å². The minimum absolute atomic E-state index is 0.136. The molecule has 0 heterocycles. The second-order valence-electron chi connectivity index (χ2n) is 2.86. The summed E-state index contributed by atoms with van der Waals surface area (Å²) in [4.78, 5) is 10.4. The molecule has 1 aliphatic rings. The molecule has 0 aromatic rings. The Labute approximate surface area is 71.6 Å². The molecule has 1 rings (SSSR count). The Bertz CT molecular complexity index is 241. The first-order valence-corrected chi connectivity index (χ1v) is 4.00. The van der Waals surface area contributed by atoms with E-state index in [0.717, 1.165) is 24.0 Å². The third-order valence-electron chi connectivity index (χ3n) is 2.01. The van der Waals surface area contributed by atoms with Crippen LogP contribution in [0.2, 0.25) is 0 Å². The van der Waals surface area contributed by atoms with Crippen molar-refractivity contribution in [3.8, 4) is 0 Å². The third kappa shape index (κ3) is 2.20. The molecule has 3 nitrogen and oxygen atoms in total. The maximum absolute atomic E-state index is 10.4. The fraction of sp³-hybridized carbons (Fsp3) is 0.444. The molecule has 0 saturated heterocycles. The summed E-state index contributed by atoms with van der Waals surface area (Å²) >= 11 is 0. The summed E-state index contributed by atoms with van der Waals surface area (Å²) in [5, 5.41) is 8.58. The monoisotopic (exact) mass is 167 g/mol. The van der Waals surface area contributed by atoms with Crippen LogP contribution in [0.4, 0.5) is 0 Å². The highest BCUT2D eigenvalue weighted by atomic mass is 16.4. The maximum Gasteiger partial charge on any atom is 0.307 e. The summed E-state index contributed by atoms with van der Waals surface area (Å²) < 4.78 is 0. The molecular weight excluding hydrogens is 154 g/mol. The number of aliphatic carboxylic acids is 1. The molecule has 0 aliphatic heterocycles. The summed E-state index contributed by atoms with van der Waals surface area (Å²) in [5.74, 6) is -0.772. The number of rotatable bonds is 3. The van der Waals surface area contributed by atoms with Crippen LogP contribution in [0.15, 0.2) is 23.3 Å². The number of carboxylic acids is 1. The third-order valence-corrected chi connectivity index (χ3v) is 2.01. The lowest BCUT2D eigenvalue weighted by molar-refractivity contribution is -0.136. The summed E-state index contributed by atoms with van der Waals surface area (Å²) in [6.45, 7) is 0.479. The molecule has 0 fully saturated rings. The Morgan fingerprint density at radius 3 is 2.50 bits per heavy atom. The average molecular weight is 167 g/mol. The van der Waals surface area contributed by atoms with Crippen molar-refractivity contribution in [1.82, 2.24) is 0 Å². The van der Waals surface area contributed by atoms with Gasteiger partial charge in [0.25, 0.3) is 0 Å². The van der Waals surface area contributed by atoms with E-state index in [1.807, 2.05) is 12.2 Å². The van der Waals surface area contributed by atoms with Crippen molar-refractivity contribution in [3.05, 3.63) is 23.3 Å². The summed E-state index contributed by atoms with van der Waals surface area (Å²) in [5.41, 5.74) is 7.55. The van der Waals surface area contributed by atoms with E-state index >= 15 is 0 Å². The molecule has 0 unspecified atom stereocenters.